The standard InChI is InChI=1S/C26H30FN3O4/c1-16-17(2)24-21(26(33)30(15-29-24)22-8-11-34-14-23(22)31)13-20(16)12-18-4-6-19(7-5-18)25(32)28-10-3-9-27/h4-7,13,15,22-23,31H,3,8-12,14H2,1-2H3,(H,28,32)/t22-,23-/m0/s1. The first-order valence-corrected chi connectivity index (χ1v) is 11.6. The number of nitrogens with one attached hydrogen (secondary N) is 1. The molecule has 7 nitrogen and oxygen atoms in total. The Kier molecular flexibility index (Phi) is 7.38. The van der Waals surface area contributed by atoms with Crippen LogP contribution in [0.2, 0.25) is 0 Å². The maximum absolute atomic E-state index is 13.4. The van der Waals surface area contributed by atoms with Crippen LogP contribution in [0.5, 0.6) is 0 Å². The number of hydrogen-bond acceptors (Lipinski definition) is 5. The number of hydrogen-bond donors (Lipinski definition) is 2. The van der Waals surface area contributed by atoms with E-state index < -0.39 is 12.8 Å². The lowest BCUT2D eigenvalue weighted by molar-refractivity contribution is -0.0395. The van der Waals surface area contributed by atoms with Gasteiger partial charge in [0.15, 0.2) is 0 Å². The Morgan fingerprint density at radius 3 is 2.74 bits per heavy atom. The molecule has 1 fully saturated rings. The van der Waals surface area contributed by atoms with E-state index in [0.717, 1.165) is 22.3 Å². The molecule has 0 radical (unpaired) electrons. The number of ether oxygens (including phenoxy) is 1. The summed E-state index contributed by atoms with van der Waals surface area (Å²) >= 11 is 0. The average Bonchev–Trinajstić information content (AvgIpc) is 2.84. The summed E-state index contributed by atoms with van der Waals surface area (Å²) in [6.45, 7) is 4.53. The van der Waals surface area contributed by atoms with Gasteiger partial charge in [-0.05, 0) is 73.6 Å². The fraction of sp³-hybridized carbons (Fsp3) is 0.423. The molecule has 34 heavy (non-hydrogen) atoms. The molecule has 0 aliphatic carbocycles. The smallest absolute Gasteiger partial charge is 0.261 e. The van der Waals surface area contributed by atoms with Crippen LogP contribution in [-0.2, 0) is 11.2 Å². The van der Waals surface area contributed by atoms with Crippen LogP contribution < -0.4 is 10.9 Å². The second-order valence-electron chi connectivity index (χ2n) is 8.81. The molecule has 2 aromatic carbocycles. The summed E-state index contributed by atoms with van der Waals surface area (Å²) < 4.78 is 19.1. The van der Waals surface area contributed by atoms with Gasteiger partial charge in [-0.3, -0.25) is 18.5 Å². The lowest BCUT2D eigenvalue weighted by Gasteiger charge is -2.29. The third kappa shape index (κ3) is 4.88. The number of aryl methyl sites for hydroxylation is 1. The minimum atomic E-state index is -0.746. The van der Waals surface area contributed by atoms with Gasteiger partial charge in [-0.25, -0.2) is 4.98 Å². The molecule has 3 aromatic rings. The number of aliphatic hydroxyl groups excluding tert-OH is 1. The Balaban J connectivity index is 1.62. The van der Waals surface area contributed by atoms with E-state index in [4.69, 9.17) is 4.74 Å². The molecule has 0 bridgehead atoms. The maximum Gasteiger partial charge on any atom is 0.261 e. The molecule has 1 aromatic heterocycles. The summed E-state index contributed by atoms with van der Waals surface area (Å²) in [6, 6.07) is 8.83. The molecule has 4 rings (SSSR count). The quantitative estimate of drug-likeness (QED) is 0.521. The van der Waals surface area contributed by atoms with E-state index in [-0.39, 0.29) is 24.1 Å². The number of halogens is 1. The number of benzene rings is 2. The molecule has 1 saturated heterocycles. The van der Waals surface area contributed by atoms with Crippen molar-refractivity contribution in [1.29, 1.82) is 0 Å². The first kappa shape index (κ1) is 24.0. The molecule has 2 atom stereocenters. The van der Waals surface area contributed by atoms with Crippen molar-refractivity contribution in [2.24, 2.45) is 0 Å². The maximum atomic E-state index is 13.4. The monoisotopic (exact) mass is 467 g/mol. The van der Waals surface area contributed by atoms with Crippen molar-refractivity contribution in [3.05, 3.63) is 74.8 Å². The van der Waals surface area contributed by atoms with E-state index in [9.17, 15) is 19.1 Å². The molecular weight excluding hydrogens is 437 g/mol. The predicted molar refractivity (Wildman–Crippen MR) is 128 cm³/mol. The minimum Gasteiger partial charge on any atom is -0.389 e. The molecule has 0 spiro atoms. The van der Waals surface area contributed by atoms with Crippen molar-refractivity contribution in [3.63, 3.8) is 0 Å². The largest absolute Gasteiger partial charge is 0.389 e. The van der Waals surface area contributed by atoms with Crippen LogP contribution in [-0.4, -0.2) is 53.1 Å². The molecule has 2 heterocycles. The summed E-state index contributed by atoms with van der Waals surface area (Å²) in [5, 5.41) is 13.6. The summed E-state index contributed by atoms with van der Waals surface area (Å²) in [6.07, 6.45) is 2.24. The first-order chi connectivity index (χ1) is 16.4. The van der Waals surface area contributed by atoms with Crippen molar-refractivity contribution in [3.8, 4) is 0 Å². The fourth-order valence-electron chi connectivity index (χ4n) is 4.43. The van der Waals surface area contributed by atoms with Crippen LogP contribution in [0.25, 0.3) is 10.9 Å². The molecule has 8 heteroatoms. The highest BCUT2D eigenvalue weighted by atomic mass is 19.1. The molecule has 180 valence electrons. The number of nitrogens with zero attached hydrogens (tertiary/aromatic N) is 2. The normalized spacial score (nSPS) is 18.2. The molecule has 0 unspecified atom stereocenters. The Bertz CT molecular complexity index is 1240. The Labute approximate surface area is 197 Å². The second kappa shape index (κ2) is 10.4. The van der Waals surface area contributed by atoms with Crippen molar-refractivity contribution in [1.82, 2.24) is 14.9 Å². The van der Waals surface area contributed by atoms with Crippen LogP contribution in [0.1, 0.15) is 51.5 Å². The van der Waals surface area contributed by atoms with E-state index in [1.54, 1.807) is 12.1 Å². The van der Waals surface area contributed by atoms with Crippen molar-refractivity contribution < 1.29 is 19.0 Å². The molecule has 1 aliphatic heterocycles. The zero-order chi connectivity index (χ0) is 24.2. The van der Waals surface area contributed by atoms with Gasteiger partial charge in [0.1, 0.15) is 0 Å². The van der Waals surface area contributed by atoms with Gasteiger partial charge >= 0.3 is 0 Å². The topological polar surface area (TPSA) is 93.5 Å². The van der Waals surface area contributed by atoms with Gasteiger partial charge in [0.25, 0.3) is 11.5 Å². The third-order valence-electron chi connectivity index (χ3n) is 6.60. The van der Waals surface area contributed by atoms with Crippen molar-refractivity contribution >= 4 is 16.8 Å². The van der Waals surface area contributed by atoms with E-state index in [0.29, 0.717) is 48.9 Å². The Morgan fingerprint density at radius 2 is 2.03 bits per heavy atom. The summed E-state index contributed by atoms with van der Waals surface area (Å²) in [4.78, 5) is 30.1. The Morgan fingerprint density at radius 1 is 1.26 bits per heavy atom. The number of rotatable bonds is 7. The molecule has 2 N–H and O–H groups in total. The van der Waals surface area contributed by atoms with Gasteiger partial charge in [0.2, 0.25) is 0 Å². The zero-order valence-electron chi connectivity index (χ0n) is 19.5. The van der Waals surface area contributed by atoms with Crippen LogP contribution in [0.4, 0.5) is 4.39 Å². The average molecular weight is 468 g/mol. The lowest BCUT2D eigenvalue weighted by atomic mass is 9.94. The van der Waals surface area contributed by atoms with E-state index >= 15 is 0 Å². The van der Waals surface area contributed by atoms with Crippen LogP contribution in [0.3, 0.4) is 0 Å². The van der Waals surface area contributed by atoms with Gasteiger partial charge < -0.3 is 15.2 Å². The minimum absolute atomic E-state index is 0.166. The van der Waals surface area contributed by atoms with Crippen LogP contribution in [0, 0.1) is 13.8 Å². The highest BCUT2D eigenvalue weighted by Gasteiger charge is 2.27. The molecule has 1 amide bonds. The summed E-state index contributed by atoms with van der Waals surface area (Å²) in [5.41, 5.74) is 5.06. The SMILES string of the molecule is Cc1c(Cc2ccc(C(=O)NCCCF)cc2)cc2c(=O)n([C@H]3CCOC[C@@H]3O)cnc2c1C. The number of fused-ring (bicyclic) bond motifs is 1. The lowest BCUT2D eigenvalue weighted by Crippen LogP contribution is -2.39. The number of amides is 1. The fourth-order valence-corrected chi connectivity index (χ4v) is 4.43. The van der Waals surface area contributed by atoms with E-state index in [2.05, 4.69) is 10.3 Å². The predicted octanol–water partition coefficient (Wildman–Crippen LogP) is 3.02. The Hall–Kier alpha value is -3.10. The zero-order valence-corrected chi connectivity index (χ0v) is 19.5. The molecular formula is C26H30FN3O4. The summed E-state index contributed by atoms with van der Waals surface area (Å²) in [5.74, 6) is -0.223. The number of alkyl halides is 1. The number of carbonyl (C=O) groups excluding carboxylic acids is 1. The number of aromatic nitrogens is 2. The van der Waals surface area contributed by atoms with Crippen molar-refractivity contribution in [2.75, 3.05) is 26.4 Å². The van der Waals surface area contributed by atoms with Gasteiger partial charge in [-0.2, -0.15) is 0 Å². The van der Waals surface area contributed by atoms with Crippen LogP contribution >= 0.6 is 0 Å². The summed E-state index contributed by atoms with van der Waals surface area (Å²) in [7, 11) is 0. The van der Waals surface area contributed by atoms with E-state index in [1.807, 2.05) is 32.0 Å². The van der Waals surface area contributed by atoms with Crippen LogP contribution in [0.15, 0.2) is 41.5 Å². The van der Waals surface area contributed by atoms with Gasteiger partial charge in [-0.15, -0.1) is 0 Å². The van der Waals surface area contributed by atoms with E-state index in [1.165, 1.54) is 10.9 Å². The highest BCUT2D eigenvalue weighted by Crippen LogP contribution is 2.26. The number of carbonyl (C=O) groups is 1. The van der Waals surface area contributed by atoms with Gasteiger partial charge in [0.05, 0.1) is 42.7 Å². The molecule has 0 saturated carbocycles. The van der Waals surface area contributed by atoms with Crippen molar-refractivity contribution in [2.45, 2.75) is 45.3 Å². The third-order valence-corrected chi connectivity index (χ3v) is 6.60. The first-order valence-electron chi connectivity index (χ1n) is 11.6. The number of aliphatic hydroxyl groups is 1. The molecule has 1 aliphatic rings. The second-order valence-corrected chi connectivity index (χ2v) is 8.81. The highest BCUT2D eigenvalue weighted by molar-refractivity contribution is 5.94. The van der Waals surface area contributed by atoms with Gasteiger partial charge in [0, 0.05) is 18.7 Å². The van der Waals surface area contributed by atoms with Gasteiger partial charge in [-0.1, -0.05) is 12.1 Å².